The summed E-state index contributed by atoms with van der Waals surface area (Å²) in [5.74, 6) is 0. The molecule has 0 nitrogen and oxygen atoms in total. The quantitative estimate of drug-likeness (QED) is 0.129. The molecular formula is C20H20Br4Ti2-4. The van der Waals surface area contributed by atoms with E-state index in [0.717, 1.165) is 0 Å². The van der Waals surface area contributed by atoms with E-state index in [1.165, 1.54) is 0 Å². The van der Waals surface area contributed by atoms with Crippen LogP contribution < -0.4 is 0 Å². The first kappa shape index (κ1) is 29.0. The molecular weight excluding hydrogens is 656 g/mol. The van der Waals surface area contributed by atoms with Crippen LogP contribution in [0.25, 0.3) is 0 Å². The Balaban J connectivity index is 0. The van der Waals surface area contributed by atoms with E-state index in [9.17, 15) is 0 Å². The van der Waals surface area contributed by atoms with Gasteiger partial charge in [0.25, 0.3) is 0 Å². The molecule has 0 aliphatic carbocycles. The molecule has 4 aromatic rings. The van der Waals surface area contributed by atoms with Gasteiger partial charge in [0.15, 0.2) is 0 Å². The SMILES string of the molecule is [Br][Ti][Br].[Br][Ti][Br].c1cc[cH-]c1.c1cc[cH-]c1.c1cc[cH-]c1.c1cc[cH-]c1. The fourth-order valence-corrected chi connectivity index (χ4v) is 1.28. The standard InChI is InChI=1S/4C5H5.4BrH.2Ti/c4*1-2-4-5-3-1;;;;;;/h4*1-5H;4*1H;;/q4*-1;;;;;2*+2/p-4. The van der Waals surface area contributed by atoms with Crippen LogP contribution in [0.1, 0.15) is 0 Å². The summed E-state index contributed by atoms with van der Waals surface area (Å²) in [4.78, 5) is 0. The minimum Gasteiger partial charge on any atom is -0.214 e. The van der Waals surface area contributed by atoms with Crippen molar-refractivity contribution in [1.29, 1.82) is 0 Å². The van der Waals surface area contributed by atoms with Gasteiger partial charge >= 0.3 is 82.6 Å². The van der Waals surface area contributed by atoms with Gasteiger partial charge in [0.05, 0.1) is 0 Å². The zero-order valence-corrected chi connectivity index (χ0v) is 23.5. The fourth-order valence-electron chi connectivity index (χ4n) is 1.28. The molecule has 0 spiro atoms. The Labute approximate surface area is 201 Å². The molecule has 0 fully saturated rings. The molecule has 0 N–H and O–H groups in total. The molecule has 0 radical (unpaired) electrons. The van der Waals surface area contributed by atoms with Gasteiger partial charge in [-0.1, -0.05) is 0 Å². The summed E-state index contributed by atoms with van der Waals surface area (Å²) in [7, 11) is 0. The van der Waals surface area contributed by atoms with Gasteiger partial charge in [-0.25, -0.2) is 48.5 Å². The van der Waals surface area contributed by atoms with Crippen LogP contribution in [0.3, 0.4) is 0 Å². The number of rotatable bonds is 0. The predicted octanol–water partition coefficient (Wildman–Crippen LogP) is 9.00. The number of halogens is 4. The number of hydrogen-bond acceptors (Lipinski definition) is 0. The molecule has 0 heterocycles. The van der Waals surface area contributed by atoms with Gasteiger partial charge in [-0.15, -0.1) is 0 Å². The molecule has 0 aromatic heterocycles. The van der Waals surface area contributed by atoms with Crippen LogP contribution in [-0.4, -0.2) is 0 Å². The second kappa shape index (κ2) is 30.5. The van der Waals surface area contributed by atoms with Crippen molar-refractivity contribution in [2.24, 2.45) is 0 Å². The third-order valence-corrected chi connectivity index (χ3v) is 2.22. The Morgan fingerprint density at radius 2 is 0.462 bits per heavy atom. The minimum absolute atomic E-state index is 0.125. The van der Waals surface area contributed by atoms with Gasteiger partial charge in [0, 0.05) is 0 Å². The Morgan fingerprint density at radius 1 is 0.346 bits per heavy atom. The topological polar surface area (TPSA) is 0 Å². The van der Waals surface area contributed by atoms with Gasteiger partial charge < -0.3 is 0 Å². The first-order valence-corrected chi connectivity index (χ1v) is 22.9. The van der Waals surface area contributed by atoms with E-state index in [4.69, 9.17) is 0 Å². The van der Waals surface area contributed by atoms with E-state index < -0.39 is 0 Å². The van der Waals surface area contributed by atoms with Crippen molar-refractivity contribution in [3.63, 3.8) is 0 Å². The summed E-state index contributed by atoms with van der Waals surface area (Å²) in [5.41, 5.74) is 0. The third kappa shape index (κ3) is 32.4. The van der Waals surface area contributed by atoms with E-state index in [1.807, 2.05) is 121 Å². The van der Waals surface area contributed by atoms with E-state index in [2.05, 4.69) is 52.6 Å². The normalized spacial score (nSPS) is 7.23. The average molecular weight is 676 g/mol. The molecule has 26 heavy (non-hydrogen) atoms. The monoisotopic (exact) mass is 672 g/mol. The molecule has 0 aliphatic rings. The van der Waals surface area contributed by atoms with Gasteiger partial charge in [0.1, 0.15) is 0 Å². The Morgan fingerprint density at radius 3 is 0.500 bits per heavy atom. The zero-order chi connectivity index (χ0) is 19.6. The molecule has 0 bridgehead atoms. The summed E-state index contributed by atoms with van der Waals surface area (Å²) < 4.78 is 0. The van der Waals surface area contributed by atoms with Crippen molar-refractivity contribution in [2.45, 2.75) is 0 Å². The van der Waals surface area contributed by atoms with Crippen molar-refractivity contribution in [2.75, 3.05) is 0 Å². The van der Waals surface area contributed by atoms with E-state index >= 15 is 0 Å². The first-order chi connectivity index (χ1) is 12.8. The first-order valence-electron chi connectivity index (χ1n) is 7.42. The molecule has 0 saturated carbocycles. The maximum absolute atomic E-state index is 3.19. The molecule has 0 aliphatic heterocycles. The second-order valence-corrected chi connectivity index (χ2v) is 19.8. The second-order valence-electron chi connectivity index (χ2n) is 3.99. The molecule has 0 amide bonds. The molecule has 0 unspecified atom stereocenters. The zero-order valence-electron chi connectivity index (χ0n) is 14.1. The van der Waals surface area contributed by atoms with Crippen LogP contribution in [0.5, 0.6) is 0 Å². The van der Waals surface area contributed by atoms with E-state index in [1.54, 1.807) is 0 Å². The Bertz CT molecular complexity index is 384. The predicted molar refractivity (Wildman–Crippen MR) is 124 cm³/mol. The van der Waals surface area contributed by atoms with Crippen LogP contribution in [0.4, 0.5) is 0 Å². The average Bonchev–Trinajstić information content (AvgIpc) is 3.53. The summed E-state index contributed by atoms with van der Waals surface area (Å²) in [5, 5.41) is 0. The molecule has 0 saturated heterocycles. The van der Waals surface area contributed by atoms with E-state index in [-0.39, 0.29) is 29.9 Å². The maximum atomic E-state index is 3.19. The van der Waals surface area contributed by atoms with Crippen LogP contribution >= 0.6 is 52.6 Å². The van der Waals surface area contributed by atoms with Crippen LogP contribution in [0.15, 0.2) is 121 Å². The summed E-state index contributed by atoms with van der Waals surface area (Å²) in [6.45, 7) is 0. The maximum Gasteiger partial charge on any atom is -0.172 e. The van der Waals surface area contributed by atoms with Crippen LogP contribution in [-0.2, 0) is 29.9 Å². The molecule has 6 heteroatoms. The molecule has 4 rings (SSSR count). The van der Waals surface area contributed by atoms with Crippen molar-refractivity contribution in [3.05, 3.63) is 121 Å². The van der Waals surface area contributed by atoms with Crippen molar-refractivity contribution in [1.82, 2.24) is 0 Å². The Kier molecular flexibility index (Phi) is 33.9. The van der Waals surface area contributed by atoms with E-state index in [0.29, 0.717) is 0 Å². The van der Waals surface area contributed by atoms with Crippen molar-refractivity contribution in [3.8, 4) is 0 Å². The summed E-state index contributed by atoms with van der Waals surface area (Å²) in [6, 6.07) is 40.0. The van der Waals surface area contributed by atoms with Crippen LogP contribution in [0, 0.1) is 0 Å². The fraction of sp³-hybridized carbons (Fsp3) is 0. The number of hydrogen-bond donors (Lipinski definition) is 0. The van der Waals surface area contributed by atoms with Gasteiger partial charge in [-0.2, -0.15) is 72.8 Å². The van der Waals surface area contributed by atoms with Crippen molar-refractivity contribution >= 4 is 52.6 Å². The minimum atomic E-state index is 0.125. The third-order valence-electron chi connectivity index (χ3n) is 2.22. The van der Waals surface area contributed by atoms with Gasteiger partial charge in [-0.3, -0.25) is 0 Å². The largest absolute Gasteiger partial charge is 0.214 e. The van der Waals surface area contributed by atoms with Gasteiger partial charge in [0.2, 0.25) is 0 Å². The molecule has 140 valence electrons. The Hall–Kier alpha value is 0.749. The summed E-state index contributed by atoms with van der Waals surface area (Å²) >= 11 is 13.0. The van der Waals surface area contributed by atoms with Crippen LogP contribution in [0.2, 0.25) is 0 Å². The molecule has 0 atom stereocenters. The smallest absolute Gasteiger partial charge is 0.172 e. The van der Waals surface area contributed by atoms with Crippen molar-refractivity contribution < 1.29 is 29.9 Å². The molecule has 4 aromatic carbocycles. The van der Waals surface area contributed by atoms with Gasteiger partial charge in [-0.05, 0) is 0 Å². The summed E-state index contributed by atoms with van der Waals surface area (Å²) in [6.07, 6.45) is 0.